The van der Waals surface area contributed by atoms with Gasteiger partial charge in [-0.25, -0.2) is 0 Å². The summed E-state index contributed by atoms with van der Waals surface area (Å²) in [6, 6.07) is 0. The van der Waals surface area contributed by atoms with Crippen molar-refractivity contribution in [3.8, 4) is 23.0 Å². The summed E-state index contributed by atoms with van der Waals surface area (Å²) < 4.78 is 10.5. The van der Waals surface area contributed by atoms with Gasteiger partial charge < -0.3 is 19.7 Å². The third-order valence-corrected chi connectivity index (χ3v) is 10.1. The number of allylic oxidation sites excluding steroid dienone is 16. The van der Waals surface area contributed by atoms with E-state index in [4.69, 9.17) is 9.47 Å². The number of phenolic OH excluding ortho intramolecular Hbond substituents is 2. The zero-order chi connectivity index (χ0) is 39.8. The number of aromatic hydroxyl groups is 2. The number of ether oxygens (including phenoxy) is 2. The van der Waals surface area contributed by atoms with Gasteiger partial charge in [-0.15, -0.1) is 0 Å². The van der Waals surface area contributed by atoms with Crippen molar-refractivity contribution in [1.29, 1.82) is 0 Å². The fraction of sp³-hybridized carbons (Fsp3) is 0.551. The summed E-state index contributed by atoms with van der Waals surface area (Å²) >= 11 is 0. The standard InChI is InChI=1S/C49H76O4/c1-36(2)20-13-21-37(3)22-14-23-38(4)24-15-25-39(5)26-16-27-40(6)28-17-29-41(7)30-18-31-42(8)32-19-33-43(9)34-35-45-44(10)46(50)48(52-11)49(53-12)47(45)51/h20,22,24,26,28,30,32,34,50-51H,13-19,21,23,25,27,29,31,33,35H2,1-12H3/b37-22+,38-24+,39-26-,40-28+,41-30-,42-32+,43-34+. The number of phenols is 2. The Morgan fingerprint density at radius 1 is 0.415 bits per heavy atom. The van der Waals surface area contributed by atoms with E-state index in [1.165, 1.54) is 71.6 Å². The molecule has 0 fully saturated rings. The summed E-state index contributed by atoms with van der Waals surface area (Å²) in [4.78, 5) is 0. The Hall–Kier alpha value is -3.66. The highest BCUT2D eigenvalue weighted by molar-refractivity contribution is 5.66. The van der Waals surface area contributed by atoms with Crippen LogP contribution in [-0.4, -0.2) is 24.4 Å². The van der Waals surface area contributed by atoms with E-state index in [1.54, 1.807) is 6.92 Å². The Morgan fingerprint density at radius 3 is 0.962 bits per heavy atom. The highest BCUT2D eigenvalue weighted by Gasteiger charge is 2.22. The highest BCUT2D eigenvalue weighted by Crippen LogP contribution is 2.48. The van der Waals surface area contributed by atoms with Crippen LogP contribution < -0.4 is 9.47 Å². The van der Waals surface area contributed by atoms with Crippen LogP contribution in [0.25, 0.3) is 0 Å². The van der Waals surface area contributed by atoms with Crippen molar-refractivity contribution in [1.82, 2.24) is 0 Å². The summed E-state index contributed by atoms with van der Waals surface area (Å²) in [6.45, 7) is 21.9. The van der Waals surface area contributed by atoms with Crippen LogP contribution in [-0.2, 0) is 6.42 Å². The van der Waals surface area contributed by atoms with Gasteiger partial charge >= 0.3 is 0 Å². The lowest BCUT2D eigenvalue weighted by Crippen LogP contribution is -1.98. The van der Waals surface area contributed by atoms with E-state index in [0.29, 0.717) is 17.5 Å². The molecule has 0 aliphatic rings. The highest BCUT2D eigenvalue weighted by atomic mass is 16.5. The van der Waals surface area contributed by atoms with Gasteiger partial charge in [0.05, 0.1) is 14.2 Å². The molecule has 0 aliphatic carbocycles. The first-order valence-corrected chi connectivity index (χ1v) is 20.1. The van der Waals surface area contributed by atoms with Crippen molar-refractivity contribution in [3.05, 3.63) is 104 Å². The summed E-state index contributed by atoms with van der Waals surface area (Å²) in [5, 5.41) is 21.2. The lowest BCUT2D eigenvalue weighted by Gasteiger charge is -2.17. The predicted molar refractivity (Wildman–Crippen MR) is 232 cm³/mol. The normalized spacial score (nSPS) is 13.8. The molecule has 0 saturated heterocycles. The fourth-order valence-corrected chi connectivity index (χ4v) is 6.33. The molecule has 0 heterocycles. The minimum absolute atomic E-state index is 0.00661. The Morgan fingerprint density at radius 2 is 0.679 bits per heavy atom. The van der Waals surface area contributed by atoms with Crippen molar-refractivity contribution in [3.63, 3.8) is 0 Å². The summed E-state index contributed by atoms with van der Waals surface area (Å²) in [5.41, 5.74) is 12.9. The number of hydrogen-bond donors (Lipinski definition) is 2. The molecule has 2 N–H and O–H groups in total. The number of rotatable bonds is 25. The second kappa shape index (κ2) is 27.0. The lowest BCUT2D eigenvalue weighted by molar-refractivity contribution is 0.314. The van der Waals surface area contributed by atoms with Crippen LogP contribution in [0, 0.1) is 6.92 Å². The third-order valence-electron chi connectivity index (χ3n) is 10.1. The molecular weight excluding hydrogens is 653 g/mol. The van der Waals surface area contributed by atoms with Gasteiger partial charge in [-0.1, -0.05) is 93.2 Å². The van der Waals surface area contributed by atoms with Crippen LogP contribution in [0.1, 0.15) is 163 Å². The third kappa shape index (κ3) is 20.4. The second-order valence-corrected chi connectivity index (χ2v) is 15.5. The molecule has 0 atom stereocenters. The first-order chi connectivity index (χ1) is 25.2. The van der Waals surface area contributed by atoms with Gasteiger partial charge in [0, 0.05) is 11.1 Å². The van der Waals surface area contributed by atoms with Crippen molar-refractivity contribution < 1.29 is 19.7 Å². The summed E-state index contributed by atoms with van der Waals surface area (Å²) in [5.74, 6) is 0.357. The van der Waals surface area contributed by atoms with Crippen LogP contribution in [0.5, 0.6) is 23.0 Å². The van der Waals surface area contributed by atoms with Crippen LogP contribution in [0.2, 0.25) is 0 Å². The smallest absolute Gasteiger partial charge is 0.207 e. The molecule has 1 aromatic rings. The zero-order valence-electron chi connectivity index (χ0n) is 35.9. The average Bonchev–Trinajstić information content (AvgIpc) is 3.09. The first-order valence-electron chi connectivity index (χ1n) is 20.1. The molecule has 0 saturated carbocycles. The number of hydrogen-bond acceptors (Lipinski definition) is 4. The molecule has 0 spiro atoms. The van der Waals surface area contributed by atoms with E-state index in [1.807, 2.05) is 0 Å². The van der Waals surface area contributed by atoms with E-state index in [-0.39, 0.29) is 23.0 Å². The quantitative estimate of drug-likeness (QED) is 0.0777. The maximum atomic E-state index is 10.7. The van der Waals surface area contributed by atoms with Crippen molar-refractivity contribution >= 4 is 0 Å². The monoisotopic (exact) mass is 729 g/mol. The second-order valence-electron chi connectivity index (χ2n) is 15.5. The molecule has 0 unspecified atom stereocenters. The van der Waals surface area contributed by atoms with Gasteiger partial charge in [-0.2, -0.15) is 0 Å². The van der Waals surface area contributed by atoms with Crippen LogP contribution >= 0.6 is 0 Å². The molecule has 4 heteroatoms. The van der Waals surface area contributed by atoms with Crippen molar-refractivity contribution in [2.45, 2.75) is 166 Å². The van der Waals surface area contributed by atoms with Gasteiger partial charge in [0.1, 0.15) is 0 Å². The van der Waals surface area contributed by atoms with E-state index in [9.17, 15) is 10.2 Å². The molecule has 0 radical (unpaired) electrons. The summed E-state index contributed by atoms with van der Waals surface area (Å²) in [7, 11) is 2.91. The maximum Gasteiger partial charge on any atom is 0.207 e. The van der Waals surface area contributed by atoms with Gasteiger partial charge in [-0.05, 0) is 166 Å². The van der Waals surface area contributed by atoms with Crippen LogP contribution in [0.3, 0.4) is 0 Å². The van der Waals surface area contributed by atoms with E-state index in [0.717, 1.165) is 77.0 Å². The molecule has 0 bridgehead atoms. The minimum Gasteiger partial charge on any atom is -0.504 e. The van der Waals surface area contributed by atoms with Gasteiger partial charge in [0.2, 0.25) is 11.5 Å². The molecule has 1 aromatic carbocycles. The van der Waals surface area contributed by atoms with E-state index < -0.39 is 0 Å². The molecule has 0 aliphatic heterocycles. The van der Waals surface area contributed by atoms with E-state index >= 15 is 0 Å². The maximum absolute atomic E-state index is 10.7. The van der Waals surface area contributed by atoms with Gasteiger partial charge in [-0.3, -0.25) is 0 Å². The largest absolute Gasteiger partial charge is 0.504 e. The predicted octanol–water partition coefficient (Wildman–Crippen LogP) is 15.0. The Balaban J connectivity index is 2.36. The molecule has 0 amide bonds. The first kappa shape index (κ1) is 47.4. The van der Waals surface area contributed by atoms with E-state index in [2.05, 4.69) is 111 Å². The summed E-state index contributed by atoms with van der Waals surface area (Å²) in [6.07, 6.45) is 35.1. The van der Waals surface area contributed by atoms with Crippen LogP contribution in [0.15, 0.2) is 93.2 Å². The number of benzene rings is 1. The molecule has 296 valence electrons. The Bertz CT molecular complexity index is 1520. The topological polar surface area (TPSA) is 58.9 Å². The zero-order valence-corrected chi connectivity index (χ0v) is 35.9. The SMILES string of the molecule is COc1c(O)c(C)c(C/C=C(\C)CC/C=C(\C)CC/C=C(/C)CC/C=C(\C)CC/C=C(/C)CC/C=C(\C)CC/C=C(\C)CCC=C(C)C)c(O)c1OC. The molecule has 0 aromatic heterocycles. The average molecular weight is 729 g/mol. The van der Waals surface area contributed by atoms with Gasteiger partial charge in [0.15, 0.2) is 11.5 Å². The minimum atomic E-state index is 0.00661. The number of methoxy groups -OCH3 is 2. The van der Waals surface area contributed by atoms with Gasteiger partial charge in [0.25, 0.3) is 0 Å². The van der Waals surface area contributed by atoms with Crippen molar-refractivity contribution in [2.24, 2.45) is 0 Å². The van der Waals surface area contributed by atoms with Crippen LogP contribution in [0.4, 0.5) is 0 Å². The molecule has 1 rings (SSSR count). The fourth-order valence-electron chi connectivity index (χ4n) is 6.33. The Kier molecular flexibility index (Phi) is 24.1. The molecular formula is C49H76O4. The Labute approximate surface area is 325 Å². The lowest BCUT2D eigenvalue weighted by atomic mass is 9.99. The molecule has 53 heavy (non-hydrogen) atoms. The molecule has 4 nitrogen and oxygen atoms in total. The van der Waals surface area contributed by atoms with Crippen molar-refractivity contribution in [2.75, 3.05) is 14.2 Å².